The Kier molecular flexibility index (Phi) is 5.77. The molecule has 1 aromatic heterocycles. The van der Waals surface area contributed by atoms with Crippen molar-refractivity contribution >= 4 is 32.8 Å². The molecule has 164 valence electrons. The van der Waals surface area contributed by atoms with Crippen molar-refractivity contribution in [1.29, 1.82) is 0 Å². The Hall–Kier alpha value is -2.65. The van der Waals surface area contributed by atoms with E-state index in [-0.39, 0.29) is 17.5 Å². The fraction of sp³-hybridized carbons (Fsp3) is 0.250. The molecular formula is C24H23N3O3S2. The van der Waals surface area contributed by atoms with Crippen LogP contribution in [0.25, 0.3) is 11.0 Å². The van der Waals surface area contributed by atoms with E-state index in [0.29, 0.717) is 36.2 Å². The number of hydrogen-bond donors (Lipinski definition) is 0. The molecule has 1 aliphatic heterocycles. The molecule has 1 aliphatic rings. The quantitative estimate of drug-likeness (QED) is 0.449. The van der Waals surface area contributed by atoms with Crippen LogP contribution in [0.2, 0.25) is 0 Å². The van der Waals surface area contributed by atoms with E-state index in [1.807, 2.05) is 67.6 Å². The van der Waals surface area contributed by atoms with Crippen LogP contribution < -0.4 is 0 Å². The largest absolute Gasteiger partial charge is 0.375 e. The first kappa shape index (κ1) is 21.2. The van der Waals surface area contributed by atoms with Crippen molar-refractivity contribution in [1.82, 2.24) is 13.1 Å². The van der Waals surface area contributed by atoms with Gasteiger partial charge in [0.25, 0.3) is 0 Å². The Morgan fingerprint density at radius 3 is 2.56 bits per heavy atom. The van der Waals surface area contributed by atoms with Crippen molar-refractivity contribution in [3.8, 4) is 0 Å². The fourth-order valence-electron chi connectivity index (χ4n) is 4.24. The molecule has 5 rings (SSSR count). The van der Waals surface area contributed by atoms with Crippen LogP contribution in [0.15, 0.2) is 71.6 Å². The molecule has 2 heterocycles. The molecule has 3 aromatic carbocycles. The highest BCUT2D eigenvalue weighted by Gasteiger charge is 2.36. The maximum Gasteiger partial charge on any atom is 0.246 e. The SMILES string of the molecule is Cc1ccc2nsnc2c1S(=O)(=O)N1Cc2ccccc2COCC1Cc1ccccc1. The molecular weight excluding hydrogens is 442 g/mol. The van der Waals surface area contributed by atoms with Crippen LogP contribution in [-0.4, -0.2) is 34.1 Å². The summed E-state index contributed by atoms with van der Waals surface area (Å²) in [5.41, 5.74) is 4.73. The van der Waals surface area contributed by atoms with Gasteiger partial charge in [-0.15, -0.1) is 0 Å². The van der Waals surface area contributed by atoms with Gasteiger partial charge in [-0.3, -0.25) is 0 Å². The molecule has 0 fully saturated rings. The first-order valence-electron chi connectivity index (χ1n) is 10.5. The van der Waals surface area contributed by atoms with Crippen LogP contribution in [0.5, 0.6) is 0 Å². The van der Waals surface area contributed by atoms with Crippen molar-refractivity contribution in [3.05, 3.63) is 89.0 Å². The summed E-state index contributed by atoms with van der Waals surface area (Å²) in [5.74, 6) is 0. The van der Waals surface area contributed by atoms with Gasteiger partial charge in [0.2, 0.25) is 10.0 Å². The zero-order valence-electron chi connectivity index (χ0n) is 17.6. The average molecular weight is 466 g/mol. The van der Waals surface area contributed by atoms with Gasteiger partial charge in [0.1, 0.15) is 15.9 Å². The standard InChI is InChI=1S/C24H23N3O3S2/c1-17-11-12-22-23(26-31-25-22)24(17)32(28,29)27-14-19-9-5-6-10-20(19)15-30-16-21(27)13-18-7-3-2-4-8-18/h2-12,21H,13-16H2,1H3. The van der Waals surface area contributed by atoms with Gasteiger partial charge >= 0.3 is 0 Å². The number of aromatic nitrogens is 2. The highest BCUT2D eigenvalue weighted by molar-refractivity contribution is 7.89. The van der Waals surface area contributed by atoms with E-state index in [2.05, 4.69) is 8.75 Å². The molecule has 0 bridgehead atoms. The predicted molar refractivity (Wildman–Crippen MR) is 125 cm³/mol. The number of fused-ring (bicyclic) bond motifs is 2. The number of nitrogens with zero attached hydrogens (tertiary/aromatic N) is 3. The summed E-state index contributed by atoms with van der Waals surface area (Å²) in [6, 6.07) is 21.1. The zero-order valence-corrected chi connectivity index (χ0v) is 19.3. The molecule has 0 radical (unpaired) electrons. The molecule has 8 heteroatoms. The third kappa shape index (κ3) is 3.95. The first-order chi connectivity index (χ1) is 15.5. The number of ether oxygens (including phenoxy) is 1. The minimum atomic E-state index is -3.88. The van der Waals surface area contributed by atoms with E-state index in [1.165, 1.54) is 0 Å². The van der Waals surface area contributed by atoms with E-state index in [1.54, 1.807) is 10.4 Å². The second-order valence-electron chi connectivity index (χ2n) is 8.02. The second kappa shape index (κ2) is 8.71. The Morgan fingerprint density at radius 1 is 1.00 bits per heavy atom. The van der Waals surface area contributed by atoms with E-state index in [9.17, 15) is 8.42 Å². The van der Waals surface area contributed by atoms with Crippen molar-refractivity contribution in [2.75, 3.05) is 6.61 Å². The average Bonchev–Trinajstić information content (AvgIpc) is 3.25. The minimum Gasteiger partial charge on any atom is -0.375 e. The molecule has 0 saturated carbocycles. The normalized spacial score (nSPS) is 17.6. The molecule has 0 saturated heterocycles. The van der Waals surface area contributed by atoms with Gasteiger partial charge in [-0.2, -0.15) is 13.1 Å². The summed E-state index contributed by atoms with van der Waals surface area (Å²) < 4.78 is 44.6. The van der Waals surface area contributed by atoms with Gasteiger partial charge in [-0.05, 0) is 41.7 Å². The fourth-order valence-corrected chi connectivity index (χ4v) is 6.78. The maximum atomic E-state index is 14.2. The summed E-state index contributed by atoms with van der Waals surface area (Å²) in [6.45, 7) is 2.88. The Balaban J connectivity index is 1.64. The van der Waals surface area contributed by atoms with E-state index >= 15 is 0 Å². The van der Waals surface area contributed by atoms with Crippen molar-refractivity contribution in [3.63, 3.8) is 0 Å². The molecule has 1 unspecified atom stereocenters. The Morgan fingerprint density at radius 2 is 1.75 bits per heavy atom. The first-order valence-corrected chi connectivity index (χ1v) is 12.6. The number of hydrogen-bond acceptors (Lipinski definition) is 6. The van der Waals surface area contributed by atoms with Gasteiger partial charge in [0, 0.05) is 6.54 Å². The van der Waals surface area contributed by atoms with Crippen molar-refractivity contribution in [2.45, 2.75) is 37.4 Å². The van der Waals surface area contributed by atoms with Crippen LogP contribution in [0.1, 0.15) is 22.3 Å². The van der Waals surface area contributed by atoms with Crippen LogP contribution in [-0.2, 0) is 34.3 Å². The third-order valence-electron chi connectivity index (χ3n) is 5.88. The number of benzene rings is 3. The summed E-state index contributed by atoms with van der Waals surface area (Å²) in [6.07, 6.45) is 0.562. The Labute approximate surface area is 191 Å². The lowest BCUT2D eigenvalue weighted by molar-refractivity contribution is 0.0674. The summed E-state index contributed by atoms with van der Waals surface area (Å²) in [4.78, 5) is 0.236. The van der Waals surface area contributed by atoms with Gasteiger partial charge in [0.15, 0.2) is 0 Å². The minimum absolute atomic E-state index is 0.236. The van der Waals surface area contributed by atoms with E-state index < -0.39 is 10.0 Å². The number of sulfonamides is 1. The number of rotatable bonds is 4. The lowest BCUT2D eigenvalue weighted by Gasteiger charge is -2.34. The summed E-state index contributed by atoms with van der Waals surface area (Å²) >= 11 is 1.03. The molecule has 4 aromatic rings. The lowest BCUT2D eigenvalue weighted by atomic mass is 10.0. The van der Waals surface area contributed by atoms with Crippen LogP contribution >= 0.6 is 11.7 Å². The maximum absolute atomic E-state index is 14.2. The molecule has 0 amide bonds. The molecule has 0 aliphatic carbocycles. The molecule has 0 spiro atoms. The molecule has 6 nitrogen and oxygen atoms in total. The van der Waals surface area contributed by atoms with E-state index in [0.717, 1.165) is 28.4 Å². The second-order valence-corrected chi connectivity index (χ2v) is 10.4. The Bertz CT molecular complexity index is 1350. The zero-order chi connectivity index (χ0) is 22.1. The van der Waals surface area contributed by atoms with Gasteiger partial charge in [0.05, 0.1) is 31.0 Å². The highest BCUT2D eigenvalue weighted by atomic mass is 32.2. The monoisotopic (exact) mass is 465 g/mol. The molecule has 32 heavy (non-hydrogen) atoms. The highest BCUT2D eigenvalue weighted by Crippen LogP contribution is 2.32. The van der Waals surface area contributed by atoms with Crippen molar-refractivity contribution in [2.24, 2.45) is 0 Å². The van der Waals surface area contributed by atoms with Crippen LogP contribution in [0.3, 0.4) is 0 Å². The smallest absolute Gasteiger partial charge is 0.246 e. The van der Waals surface area contributed by atoms with Gasteiger partial charge in [-0.1, -0.05) is 60.7 Å². The number of aryl methyl sites for hydroxylation is 1. The van der Waals surface area contributed by atoms with E-state index in [4.69, 9.17) is 4.74 Å². The lowest BCUT2D eigenvalue weighted by Crippen LogP contribution is -2.45. The third-order valence-corrected chi connectivity index (χ3v) is 8.50. The van der Waals surface area contributed by atoms with Crippen LogP contribution in [0.4, 0.5) is 0 Å². The van der Waals surface area contributed by atoms with Crippen molar-refractivity contribution < 1.29 is 13.2 Å². The van der Waals surface area contributed by atoms with Crippen LogP contribution in [0, 0.1) is 6.92 Å². The summed E-state index contributed by atoms with van der Waals surface area (Å²) in [7, 11) is -3.88. The topological polar surface area (TPSA) is 72.4 Å². The summed E-state index contributed by atoms with van der Waals surface area (Å²) in [5, 5.41) is 0. The van der Waals surface area contributed by atoms with Gasteiger partial charge in [-0.25, -0.2) is 8.42 Å². The molecule has 0 N–H and O–H groups in total. The van der Waals surface area contributed by atoms with Gasteiger partial charge < -0.3 is 4.74 Å². The molecule has 1 atom stereocenters. The predicted octanol–water partition coefficient (Wildman–Crippen LogP) is 4.33.